The fourth-order valence-electron chi connectivity index (χ4n) is 3.81. The van der Waals surface area contributed by atoms with Gasteiger partial charge in [0.1, 0.15) is 0 Å². The number of hydrogen-bond acceptors (Lipinski definition) is 4. The molecule has 0 atom stereocenters. The van der Waals surface area contributed by atoms with E-state index in [1.165, 1.54) is 77.0 Å². The Labute approximate surface area is 208 Å². The third-order valence-corrected chi connectivity index (χ3v) is 5.90. The highest BCUT2D eigenvalue weighted by Gasteiger charge is 2.18. The Hall–Kier alpha value is -2.28. The Morgan fingerprint density at radius 3 is 1.65 bits per heavy atom. The van der Waals surface area contributed by atoms with Crippen molar-refractivity contribution in [1.29, 1.82) is 0 Å². The number of esters is 2. The van der Waals surface area contributed by atoms with Gasteiger partial charge in [-0.25, -0.2) is 9.59 Å². The van der Waals surface area contributed by atoms with E-state index < -0.39 is 11.9 Å². The van der Waals surface area contributed by atoms with E-state index in [0.717, 1.165) is 25.7 Å². The minimum Gasteiger partial charge on any atom is -0.462 e. The number of ether oxygens (including phenoxy) is 2. The van der Waals surface area contributed by atoms with Gasteiger partial charge in [0.05, 0.1) is 17.7 Å². The summed E-state index contributed by atoms with van der Waals surface area (Å²) in [5, 5.41) is 0. The maximum atomic E-state index is 12.5. The van der Waals surface area contributed by atoms with Crippen LogP contribution in [0.5, 0.6) is 0 Å². The van der Waals surface area contributed by atoms with Crippen LogP contribution in [0, 0.1) is 11.8 Å². The first-order valence-corrected chi connectivity index (χ1v) is 13.6. The Morgan fingerprint density at radius 1 is 0.618 bits per heavy atom. The van der Waals surface area contributed by atoms with Crippen molar-refractivity contribution in [2.24, 2.45) is 0 Å². The molecule has 4 nitrogen and oxygen atoms in total. The zero-order valence-corrected chi connectivity index (χ0v) is 21.7. The summed E-state index contributed by atoms with van der Waals surface area (Å²) in [5.74, 6) is 4.98. The molecule has 0 fully saturated rings. The van der Waals surface area contributed by atoms with Gasteiger partial charge in [-0.3, -0.25) is 0 Å². The van der Waals surface area contributed by atoms with E-state index in [1.807, 2.05) is 0 Å². The van der Waals surface area contributed by atoms with Crippen LogP contribution in [0.25, 0.3) is 0 Å². The maximum absolute atomic E-state index is 12.5. The lowest BCUT2D eigenvalue weighted by Crippen LogP contribution is -2.14. The molecule has 34 heavy (non-hydrogen) atoms. The Morgan fingerprint density at radius 2 is 1.09 bits per heavy atom. The molecule has 0 bridgehead atoms. The lowest BCUT2D eigenvalue weighted by atomic mass is 10.1. The molecule has 0 amide bonds. The zero-order valence-electron chi connectivity index (χ0n) is 21.7. The van der Waals surface area contributed by atoms with Crippen molar-refractivity contribution < 1.29 is 19.1 Å². The molecule has 0 aliphatic rings. The number of carbonyl (C=O) groups is 2. The lowest BCUT2D eigenvalue weighted by Gasteiger charge is -2.09. The predicted octanol–water partition coefficient (Wildman–Crippen LogP) is 8.29. The number of benzene rings is 1. The number of carbonyl (C=O) groups excluding carboxylic acids is 2. The summed E-state index contributed by atoms with van der Waals surface area (Å²) in [6.07, 6.45) is 19.1. The van der Waals surface area contributed by atoms with Crippen molar-refractivity contribution in [2.75, 3.05) is 13.2 Å². The largest absolute Gasteiger partial charge is 0.462 e. The van der Waals surface area contributed by atoms with Crippen molar-refractivity contribution in [3.05, 3.63) is 35.4 Å². The fourth-order valence-corrected chi connectivity index (χ4v) is 3.81. The van der Waals surface area contributed by atoms with Crippen molar-refractivity contribution in [2.45, 2.75) is 117 Å². The third kappa shape index (κ3) is 14.8. The van der Waals surface area contributed by atoms with Crippen molar-refractivity contribution >= 4 is 11.9 Å². The highest BCUT2D eigenvalue weighted by Crippen LogP contribution is 2.13. The van der Waals surface area contributed by atoms with Gasteiger partial charge in [0.25, 0.3) is 0 Å². The molecule has 0 heterocycles. The minimum atomic E-state index is -0.537. The summed E-state index contributed by atoms with van der Waals surface area (Å²) in [5.41, 5.74) is 0.485. The van der Waals surface area contributed by atoms with Gasteiger partial charge >= 0.3 is 11.9 Å². The molecule has 1 aromatic rings. The molecule has 0 saturated carbocycles. The quantitative estimate of drug-likeness (QED) is 0.116. The molecular formula is C30H46O4. The second-order valence-electron chi connectivity index (χ2n) is 8.96. The normalized spacial score (nSPS) is 10.4. The Balaban J connectivity index is 2.26. The topological polar surface area (TPSA) is 52.6 Å². The average molecular weight is 471 g/mol. The summed E-state index contributed by atoms with van der Waals surface area (Å²) in [4.78, 5) is 24.9. The predicted molar refractivity (Wildman–Crippen MR) is 140 cm³/mol. The molecule has 0 spiro atoms. The Bertz CT molecular complexity index is 729. The third-order valence-electron chi connectivity index (χ3n) is 5.90. The van der Waals surface area contributed by atoms with Crippen LogP contribution < -0.4 is 0 Å². The van der Waals surface area contributed by atoms with Crippen LogP contribution in [0.15, 0.2) is 24.3 Å². The van der Waals surface area contributed by atoms with E-state index >= 15 is 0 Å². The summed E-state index contributed by atoms with van der Waals surface area (Å²) < 4.78 is 10.7. The molecule has 0 unspecified atom stereocenters. The van der Waals surface area contributed by atoms with Gasteiger partial charge in [0.15, 0.2) is 6.61 Å². The van der Waals surface area contributed by atoms with Crippen LogP contribution in [0.2, 0.25) is 0 Å². The molecule has 1 rings (SSSR count). The lowest BCUT2D eigenvalue weighted by molar-refractivity contribution is 0.0471. The van der Waals surface area contributed by atoms with E-state index in [0.29, 0.717) is 6.61 Å². The first kappa shape index (κ1) is 29.8. The second-order valence-corrected chi connectivity index (χ2v) is 8.96. The van der Waals surface area contributed by atoms with Gasteiger partial charge in [0, 0.05) is 6.42 Å². The van der Waals surface area contributed by atoms with Gasteiger partial charge in [0.2, 0.25) is 0 Å². The monoisotopic (exact) mass is 470 g/mol. The van der Waals surface area contributed by atoms with Crippen LogP contribution in [-0.2, 0) is 9.47 Å². The summed E-state index contributed by atoms with van der Waals surface area (Å²) >= 11 is 0. The van der Waals surface area contributed by atoms with Crippen LogP contribution >= 0.6 is 0 Å². The minimum absolute atomic E-state index is 0.0390. The van der Waals surface area contributed by atoms with Crippen molar-refractivity contribution in [1.82, 2.24) is 0 Å². The van der Waals surface area contributed by atoms with Gasteiger partial charge in [-0.2, -0.15) is 0 Å². The molecule has 0 N–H and O–H groups in total. The Kier molecular flexibility index (Phi) is 18.6. The molecule has 1 aromatic carbocycles. The molecule has 0 aliphatic heterocycles. The van der Waals surface area contributed by atoms with Gasteiger partial charge in [-0.15, -0.1) is 0 Å². The summed E-state index contributed by atoms with van der Waals surface area (Å²) in [6, 6.07) is 6.65. The van der Waals surface area contributed by atoms with Crippen LogP contribution in [0.4, 0.5) is 0 Å². The van der Waals surface area contributed by atoms with Gasteiger partial charge in [-0.1, -0.05) is 121 Å². The molecule has 0 aromatic heterocycles. The average Bonchev–Trinajstić information content (AvgIpc) is 2.86. The number of unbranched alkanes of at least 4 members (excludes halogenated alkanes) is 14. The highest BCUT2D eigenvalue weighted by atomic mass is 16.5. The van der Waals surface area contributed by atoms with Crippen LogP contribution in [-0.4, -0.2) is 25.2 Å². The van der Waals surface area contributed by atoms with E-state index in [1.54, 1.807) is 24.3 Å². The first-order chi connectivity index (χ1) is 16.7. The zero-order chi connectivity index (χ0) is 24.7. The van der Waals surface area contributed by atoms with Gasteiger partial charge < -0.3 is 9.47 Å². The van der Waals surface area contributed by atoms with Crippen LogP contribution in [0.1, 0.15) is 137 Å². The molecule has 4 heteroatoms. The van der Waals surface area contributed by atoms with Crippen molar-refractivity contribution in [3.63, 3.8) is 0 Å². The maximum Gasteiger partial charge on any atom is 0.339 e. The highest BCUT2D eigenvalue weighted by molar-refractivity contribution is 6.03. The SMILES string of the molecule is CCCCCCCCCCC#CCOC(=O)c1ccccc1C(=O)OCCCCCCCCC. The van der Waals surface area contributed by atoms with E-state index in [9.17, 15) is 9.59 Å². The van der Waals surface area contributed by atoms with Gasteiger partial charge in [-0.05, 0) is 25.0 Å². The smallest absolute Gasteiger partial charge is 0.339 e. The summed E-state index contributed by atoms with van der Waals surface area (Å²) in [7, 11) is 0. The van der Waals surface area contributed by atoms with E-state index in [-0.39, 0.29) is 17.7 Å². The molecule has 0 radical (unpaired) electrons. The van der Waals surface area contributed by atoms with E-state index in [4.69, 9.17) is 9.47 Å². The summed E-state index contributed by atoms with van der Waals surface area (Å²) in [6.45, 7) is 4.86. The van der Waals surface area contributed by atoms with E-state index in [2.05, 4.69) is 25.7 Å². The molecule has 0 aliphatic carbocycles. The number of hydrogen-bond donors (Lipinski definition) is 0. The standard InChI is InChI=1S/C30H46O4/c1-3-5-7-9-11-12-13-14-16-18-22-26-34-30(32)28-24-20-19-23-27(28)29(31)33-25-21-17-15-10-8-6-4-2/h19-20,23-24H,3-17,21,25-26H2,1-2H3. The first-order valence-electron chi connectivity index (χ1n) is 13.6. The number of rotatable bonds is 19. The van der Waals surface area contributed by atoms with Crippen molar-refractivity contribution in [3.8, 4) is 11.8 Å². The molecule has 190 valence electrons. The molecule has 0 saturated heterocycles. The van der Waals surface area contributed by atoms with Crippen LogP contribution in [0.3, 0.4) is 0 Å². The molecular weight excluding hydrogens is 424 g/mol. The second kappa shape index (κ2) is 21.3. The fraction of sp³-hybridized carbons (Fsp3) is 0.667.